The van der Waals surface area contributed by atoms with E-state index >= 15 is 0 Å². The molecule has 0 aliphatic heterocycles. The molecule has 0 unspecified atom stereocenters. The molecule has 178 valence electrons. The van der Waals surface area contributed by atoms with Crippen molar-refractivity contribution in [3.8, 4) is 5.06 Å². The maximum Gasteiger partial charge on any atom is 0.272 e. The van der Waals surface area contributed by atoms with Crippen molar-refractivity contribution >= 4 is 51.9 Å². The summed E-state index contributed by atoms with van der Waals surface area (Å²) in [6.07, 6.45) is 3.43. The van der Waals surface area contributed by atoms with E-state index in [2.05, 4.69) is 26.0 Å². The lowest BCUT2D eigenvalue weighted by atomic mass is 10.0. The molecule has 2 aromatic carbocycles. The molecule has 0 aliphatic carbocycles. The fourth-order valence-electron chi connectivity index (χ4n) is 3.36. The molecule has 3 N–H and O–H groups in total. The Hall–Kier alpha value is -3.96. The van der Waals surface area contributed by atoms with Crippen molar-refractivity contribution < 1.29 is 14.3 Å². The maximum atomic E-state index is 13.2. The third-order valence-electron chi connectivity index (χ3n) is 5.04. The van der Waals surface area contributed by atoms with E-state index in [0.29, 0.717) is 27.0 Å². The van der Waals surface area contributed by atoms with Crippen LogP contribution in [0.3, 0.4) is 0 Å². The second-order valence-electron chi connectivity index (χ2n) is 7.21. The number of aromatic amines is 1. The monoisotopic (exact) mass is 507 g/mol. The number of hydrogen-bond donors (Lipinski definition) is 3. The Labute approximate surface area is 208 Å². The third-order valence-corrected chi connectivity index (χ3v) is 7.22. The van der Waals surface area contributed by atoms with Crippen molar-refractivity contribution in [2.24, 2.45) is 5.10 Å². The first kappa shape index (κ1) is 24.2. The fourth-order valence-corrected chi connectivity index (χ4v) is 4.85. The molecule has 4 aromatic rings. The van der Waals surface area contributed by atoms with Gasteiger partial charge in [0, 0.05) is 16.5 Å². The molecule has 2 aromatic heterocycles. The number of methoxy groups -OCH3 is 1. The van der Waals surface area contributed by atoms with Crippen molar-refractivity contribution in [1.82, 2.24) is 20.9 Å². The lowest BCUT2D eigenvalue weighted by Gasteiger charge is -2.18. The van der Waals surface area contributed by atoms with Gasteiger partial charge in [-0.25, -0.2) is 10.5 Å². The molecule has 4 rings (SSSR count). The summed E-state index contributed by atoms with van der Waals surface area (Å²) in [4.78, 5) is 38.4. The van der Waals surface area contributed by atoms with Crippen molar-refractivity contribution in [1.29, 1.82) is 0 Å². The van der Waals surface area contributed by atoms with E-state index in [1.807, 2.05) is 12.3 Å². The molecule has 2 amide bonds. The van der Waals surface area contributed by atoms with Gasteiger partial charge < -0.3 is 10.1 Å². The first-order valence-electron chi connectivity index (χ1n) is 10.4. The van der Waals surface area contributed by atoms with Crippen LogP contribution in [0.1, 0.15) is 27.7 Å². The number of nitrogens with one attached hydrogen (secondary N) is 3. The molecule has 9 nitrogen and oxygen atoms in total. The molecule has 0 radical (unpaired) electrons. The molecular weight excluding hydrogens is 486 g/mol. The van der Waals surface area contributed by atoms with Gasteiger partial charge in [-0.15, -0.1) is 11.8 Å². The number of benzene rings is 2. The number of rotatable bonds is 8. The van der Waals surface area contributed by atoms with Crippen LogP contribution in [0, 0.1) is 0 Å². The summed E-state index contributed by atoms with van der Waals surface area (Å²) in [7, 11) is 1.56. The normalized spacial score (nSPS) is 11.9. The van der Waals surface area contributed by atoms with Crippen LogP contribution < -0.4 is 21.0 Å². The predicted octanol–water partition coefficient (Wildman–Crippen LogP) is 3.34. The van der Waals surface area contributed by atoms with Crippen LogP contribution in [0.2, 0.25) is 0 Å². The summed E-state index contributed by atoms with van der Waals surface area (Å²) >= 11 is 3.04. The third kappa shape index (κ3) is 5.42. The fraction of sp³-hybridized carbons (Fsp3) is 0.125. The average molecular weight is 508 g/mol. The minimum absolute atomic E-state index is 0.190. The van der Waals surface area contributed by atoms with E-state index in [4.69, 9.17) is 4.74 Å². The zero-order chi connectivity index (χ0) is 24.8. The molecule has 11 heteroatoms. The van der Waals surface area contributed by atoms with E-state index in [-0.39, 0.29) is 5.69 Å². The lowest BCUT2D eigenvalue weighted by molar-refractivity contribution is -0.123. The van der Waals surface area contributed by atoms with Crippen LogP contribution in [0.5, 0.6) is 5.06 Å². The number of amides is 2. The second-order valence-corrected chi connectivity index (χ2v) is 9.33. The molecule has 0 aliphatic rings. The highest BCUT2D eigenvalue weighted by Gasteiger charge is 2.27. The number of ether oxygens (including phenoxy) is 1. The van der Waals surface area contributed by atoms with E-state index in [9.17, 15) is 14.4 Å². The smallest absolute Gasteiger partial charge is 0.272 e. The Kier molecular flexibility index (Phi) is 7.58. The van der Waals surface area contributed by atoms with Crippen molar-refractivity contribution in [3.63, 3.8) is 0 Å². The number of H-pyrrole nitrogens is 1. The summed E-state index contributed by atoms with van der Waals surface area (Å²) in [6, 6.07) is 15.9. The summed E-state index contributed by atoms with van der Waals surface area (Å²) in [5.74, 6) is -1.11. The van der Waals surface area contributed by atoms with Crippen LogP contribution in [0.4, 0.5) is 0 Å². The van der Waals surface area contributed by atoms with Crippen LogP contribution in [0.15, 0.2) is 74.8 Å². The van der Waals surface area contributed by atoms with Gasteiger partial charge in [-0.3, -0.25) is 14.4 Å². The SMILES string of the molecule is COc1sc(SC)cc1C=NNC(=O)[C@H](NC(=O)c1ccccc1)c1n[nH]c(=O)c2ccccc12. The Morgan fingerprint density at radius 2 is 1.86 bits per heavy atom. The van der Waals surface area contributed by atoms with Gasteiger partial charge in [-0.1, -0.05) is 47.7 Å². The van der Waals surface area contributed by atoms with Gasteiger partial charge in [0.1, 0.15) is 5.69 Å². The number of carbonyl (C=O) groups excluding carboxylic acids is 2. The van der Waals surface area contributed by atoms with Crippen molar-refractivity contribution in [2.75, 3.05) is 13.4 Å². The molecule has 2 heterocycles. The predicted molar refractivity (Wildman–Crippen MR) is 137 cm³/mol. The van der Waals surface area contributed by atoms with Crippen LogP contribution in [0.25, 0.3) is 10.8 Å². The largest absolute Gasteiger partial charge is 0.487 e. The molecule has 35 heavy (non-hydrogen) atoms. The highest BCUT2D eigenvalue weighted by molar-refractivity contribution is 8.00. The molecule has 1 atom stereocenters. The van der Waals surface area contributed by atoms with Gasteiger partial charge >= 0.3 is 0 Å². The van der Waals surface area contributed by atoms with Crippen LogP contribution >= 0.6 is 23.1 Å². The standard InChI is InChI=1S/C24H21N5O4S2/c1-33-24-15(12-18(34-2)35-24)13-25-28-23(32)20(26-21(30)14-8-4-3-5-9-14)19-16-10-6-7-11-17(16)22(31)29-27-19/h3-13,20H,1-2H3,(H,26,30)(H,28,32)(H,29,31)/t20-/m1/s1. The quantitative estimate of drug-likeness (QED) is 0.191. The van der Waals surface area contributed by atoms with Crippen molar-refractivity contribution in [3.05, 3.63) is 87.8 Å². The molecule has 0 spiro atoms. The van der Waals surface area contributed by atoms with Gasteiger partial charge in [-0.05, 0) is 30.5 Å². The second kappa shape index (κ2) is 11.0. The zero-order valence-electron chi connectivity index (χ0n) is 18.8. The first-order valence-corrected chi connectivity index (χ1v) is 12.4. The van der Waals surface area contributed by atoms with E-state index in [1.165, 1.54) is 17.6 Å². The first-order chi connectivity index (χ1) is 17.0. The number of fused-ring (bicyclic) bond motifs is 1. The molecular formula is C24H21N5O4S2. The highest BCUT2D eigenvalue weighted by Crippen LogP contribution is 2.34. The van der Waals surface area contributed by atoms with Gasteiger partial charge in [0.25, 0.3) is 17.4 Å². The lowest BCUT2D eigenvalue weighted by Crippen LogP contribution is -2.40. The van der Waals surface area contributed by atoms with Crippen molar-refractivity contribution in [2.45, 2.75) is 10.3 Å². The summed E-state index contributed by atoms with van der Waals surface area (Å²) in [6.45, 7) is 0. The molecule has 0 fully saturated rings. The number of aromatic nitrogens is 2. The Morgan fingerprint density at radius 3 is 2.57 bits per heavy atom. The maximum absolute atomic E-state index is 13.2. The van der Waals surface area contributed by atoms with Gasteiger partial charge in [0.15, 0.2) is 11.1 Å². The molecule has 0 bridgehead atoms. The Bertz CT molecular complexity index is 1450. The number of thioether (sulfide) groups is 1. The van der Waals surface area contributed by atoms with Gasteiger partial charge in [-0.2, -0.15) is 10.2 Å². The minimum atomic E-state index is -1.23. The molecule has 0 saturated carbocycles. The van der Waals surface area contributed by atoms with Crippen LogP contribution in [-0.2, 0) is 4.79 Å². The Balaban J connectivity index is 1.66. The van der Waals surface area contributed by atoms with E-state index in [0.717, 1.165) is 4.21 Å². The number of hydrogen-bond acceptors (Lipinski definition) is 8. The van der Waals surface area contributed by atoms with E-state index < -0.39 is 23.4 Å². The van der Waals surface area contributed by atoms with Gasteiger partial charge in [0.2, 0.25) is 0 Å². The summed E-state index contributed by atoms with van der Waals surface area (Å²) < 4.78 is 6.40. The number of thiophene rings is 1. The highest BCUT2D eigenvalue weighted by atomic mass is 32.2. The number of hydrazone groups is 1. The number of carbonyl (C=O) groups is 2. The van der Waals surface area contributed by atoms with Crippen LogP contribution in [-0.4, -0.2) is 41.6 Å². The summed E-state index contributed by atoms with van der Waals surface area (Å²) in [5.41, 5.74) is 3.34. The topological polar surface area (TPSA) is 126 Å². The zero-order valence-corrected chi connectivity index (χ0v) is 20.4. The summed E-state index contributed by atoms with van der Waals surface area (Å²) in [5, 5.41) is 14.7. The Morgan fingerprint density at radius 1 is 1.14 bits per heavy atom. The molecule has 0 saturated heterocycles. The van der Waals surface area contributed by atoms with E-state index in [1.54, 1.807) is 73.5 Å². The average Bonchev–Trinajstić information content (AvgIpc) is 3.30. The minimum Gasteiger partial charge on any atom is -0.487 e. The number of nitrogens with zero attached hydrogens (tertiary/aromatic N) is 2. The van der Waals surface area contributed by atoms with Gasteiger partial charge in [0.05, 0.1) is 22.9 Å².